The van der Waals surface area contributed by atoms with Crippen LogP contribution in [0.2, 0.25) is 0 Å². The van der Waals surface area contributed by atoms with Crippen LogP contribution in [0.3, 0.4) is 0 Å². The molecule has 0 spiro atoms. The Kier molecular flexibility index (Phi) is 5.37. The van der Waals surface area contributed by atoms with Gasteiger partial charge in [-0.15, -0.1) is 0 Å². The van der Waals surface area contributed by atoms with E-state index < -0.39 is 14.6 Å². The molecule has 0 saturated heterocycles. The number of hydrogen-bond donors (Lipinski definition) is 1. The Morgan fingerprint density at radius 2 is 2.07 bits per heavy atom. The van der Waals surface area contributed by atoms with Crippen LogP contribution in [0.4, 0.5) is 0 Å². The van der Waals surface area contributed by atoms with Crippen molar-refractivity contribution in [3.8, 4) is 5.75 Å². The van der Waals surface area contributed by atoms with E-state index in [1.165, 1.54) is 0 Å². The van der Waals surface area contributed by atoms with Gasteiger partial charge in [-0.2, -0.15) is 0 Å². The molecule has 0 bridgehead atoms. The van der Waals surface area contributed by atoms with E-state index in [0.29, 0.717) is 5.75 Å². The van der Waals surface area contributed by atoms with Crippen molar-refractivity contribution in [3.63, 3.8) is 0 Å². The first-order valence-corrected chi connectivity index (χ1v) is 5.09. The van der Waals surface area contributed by atoms with Gasteiger partial charge in [0.05, 0.1) is 13.0 Å². The van der Waals surface area contributed by atoms with E-state index in [0.717, 1.165) is 0 Å². The van der Waals surface area contributed by atoms with Gasteiger partial charge in [-0.3, -0.25) is 9.36 Å². The molecule has 1 N–H and O–H groups in total. The van der Waals surface area contributed by atoms with Crippen LogP contribution in [0.15, 0.2) is 30.3 Å². The lowest BCUT2D eigenvalue weighted by Crippen LogP contribution is -2.14. The molecule has 1 rings (SSSR count). The maximum atomic E-state index is 10.9. The first kappa shape index (κ1) is 11.6. The largest absolute Gasteiger partial charge is 0.493 e. The minimum Gasteiger partial charge on any atom is -0.493 e. The van der Waals surface area contributed by atoms with Gasteiger partial charge in [0.1, 0.15) is 5.75 Å². The summed E-state index contributed by atoms with van der Waals surface area (Å²) in [5.41, 5.74) is 0. The van der Waals surface area contributed by atoms with Crippen molar-refractivity contribution in [1.29, 1.82) is 0 Å². The molecule has 0 amide bonds. The zero-order chi connectivity index (χ0) is 10.9. The van der Waals surface area contributed by atoms with E-state index in [2.05, 4.69) is 4.84 Å². The zero-order valence-electron chi connectivity index (χ0n) is 7.88. The molecule has 0 aliphatic rings. The molecule has 6 heteroatoms. The molecule has 0 fully saturated rings. The van der Waals surface area contributed by atoms with Crippen molar-refractivity contribution in [2.45, 2.75) is 6.42 Å². The highest BCUT2D eigenvalue weighted by molar-refractivity contribution is 7.20. The number of nitrogens with one attached hydrogen (secondary N) is 1. The van der Waals surface area contributed by atoms with Crippen molar-refractivity contribution in [2.24, 2.45) is 0 Å². The highest BCUT2D eigenvalue weighted by Crippen LogP contribution is 2.08. The Hall–Kier alpha value is -1.45. The molecule has 0 aromatic heterocycles. The standard InChI is InChI=1S/C9H10NO4P/c11-9(14-10-15-12)6-7-13-8-4-2-1-3-5-8/h1-5H,6-7H2,(H,10,12). The van der Waals surface area contributed by atoms with Gasteiger partial charge in [0.2, 0.25) is 0 Å². The lowest BCUT2D eigenvalue weighted by atomic mass is 10.3. The van der Waals surface area contributed by atoms with Gasteiger partial charge in [0, 0.05) is 0 Å². The Morgan fingerprint density at radius 3 is 2.73 bits per heavy atom. The third-order valence-corrected chi connectivity index (χ3v) is 1.68. The molecule has 0 saturated carbocycles. The van der Waals surface area contributed by atoms with E-state index in [9.17, 15) is 9.36 Å². The first-order valence-electron chi connectivity index (χ1n) is 4.28. The highest BCUT2D eigenvalue weighted by atomic mass is 31.1. The number of para-hydroxylation sites is 1. The van der Waals surface area contributed by atoms with E-state index >= 15 is 0 Å². The topological polar surface area (TPSA) is 64.6 Å². The average Bonchev–Trinajstić information content (AvgIpc) is 2.28. The Morgan fingerprint density at radius 1 is 1.33 bits per heavy atom. The van der Waals surface area contributed by atoms with Gasteiger partial charge in [-0.1, -0.05) is 23.4 Å². The summed E-state index contributed by atoms with van der Waals surface area (Å²) >= 11 is 0. The van der Waals surface area contributed by atoms with Gasteiger partial charge >= 0.3 is 5.97 Å². The summed E-state index contributed by atoms with van der Waals surface area (Å²) in [6.07, 6.45) is 0.0947. The number of ether oxygens (including phenoxy) is 1. The molecule has 0 heterocycles. The Bertz CT molecular complexity index is 317. The normalized spacial score (nSPS) is 9.87. The number of benzene rings is 1. The minimum atomic E-state index is -0.519. The van der Waals surface area contributed by atoms with Gasteiger partial charge in [0.15, 0.2) is 0 Å². The molecule has 1 aromatic carbocycles. The van der Waals surface area contributed by atoms with Crippen LogP contribution in [-0.2, 0) is 14.2 Å². The van der Waals surface area contributed by atoms with E-state index in [1.807, 2.05) is 23.4 Å². The first-order chi connectivity index (χ1) is 7.33. The molecule has 1 aromatic rings. The maximum Gasteiger partial charge on any atom is 0.329 e. The SMILES string of the molecule is O=PNOC(=O)CCOc1ccccc1. The summed E-state index contributed by atoms with van der Waals surface area (Å²) in [5.74, 6) is 0.175. The van der Waals surface area contributed by atoms with Crippen LogP contribution >= 0.6 is 8.61 Å². The van der Waals surface area contributed by atoms with Gasteiger partial charge in [-0.05, 0) is 12.1 Å². The smallest absolute Gasteiger partial charge is 0.329 e. The van der Waals surface area contributed by atoms with Crippen molar-refractivity contribution < 1.29 is 18.9 Å². The monoisotopic (exact) mass is 227 g/mol. The molecule has 80 valence electrons. The van der Waals surface area contributed by atoms with E-state index in [4.69, 9.17) is 4.74 Å². The molecular weight excluding hydrogens is 217 g/mol. The quantitative estimate of drug-likeness (QED) is 0.592. The molecule has 0 unspecified atom stereocenters. The number of carbonyl (C=O) groups excluding carboxylic acids is 1. The number of carbonyl (C=O) groups is 1. The average molecular weight is 227 g/mol. The second-order valence-corrected chi connectivity index (χ2v) is 2.93. The Balaban J connectivity index is 2.16. The van der Waals surface area contributed by atoms with Crippen molar-refractivity contribution in [2.75, 3.05) is 6.61 Å². The fourth-order valence-electron chi connectivity index (χ4n) is 0.890. The lowest BCUT2D eigenvalue weighted by molar-refractivity contribution is -0.147. The predicted molar refractivity (Wildman–Crippen MR) is 53.4 cm³/mol. The summed E-state index contributed by atoms with van der Waals surface area (Å²) in [6, 6.07) is 9.13. The van der Waals surface area contributed by atoms with Crippen molar-refractivity contribution >= 4 is 14.6 Å². The Labute approximate surface area is 88.6 Å². The van der Waals surface area contributed by atoms with Crippen molar-refractivity contribution in [3.05, 3.63) is 30.3 Å². The fraction of sp³-hybridized carbons (Fsp3) is 0.222. The second kappa shape index (κ2) is 6.92. The zero-order valence-corrected chi connectivity index (χ0v) is 8.78. The van der Waals surface area contributed by atoms with Gasteiger partial charge in [-0.25, -0.2) is 0 Å². The summed E-state index contributed by atoms with van der Waals surface area (Å²) in [4.78, 5) is 15.2. The van der Waals surface area contributed by atoms with Crippen LogP contribution in [0.5, 0.6) is 5.75 Å². The summed E-state index contributed by atoms with van der Waals surface area (Å²) in [7, 11) is -0.440. The van der Waals surface area contributed by atoms with Crippen LogP contribution in [0, 0.1) is 0 Å². The second-order valence-electron chi connectivity index (χ2n) is 2.57. The van der Waals surface area contributed by atoms with Crippen LogP contribution in [-0.4, -0.2) is 12.6 Å². The van der Waals surface area contributed by atoms with Crippen LogP contribution in [0.25, 0.3) is 0 Å². The van der Waals surface area contributed by atoms with Gasteiger partial charge in [0.25, 0.3) is 8.61 Å². The third kappa shape index (κ3) is 5.10. The molecule has 5 nitrogen and oxygen atoms in total. The third-order valence-electron chi connectivity index (χ3n) is 1.51. The maximum absolute atomic E-state index is 10.9. The van der Waals surface area contributed by atoms with Crippen LogP contribution in [0.1, 0.15) is 6.42 Å². The lowest BCUT2D eigenvalue weighted by Gasteiger charge is -2.04. The van der Waals surface area contributed by atoms with E-state index in [-0.39, 0.29) is 13.0 Å². The molecular formula is C9H10NO4P. The fourth-order valence-corrected chi connectivity index (χ4v) is 1.03. The molecule has 0 aliphatic heterocycles. The van der Waals surface area contributed by atoms with E-state index in [1.54, 1.807) is 12.1 Å². The molecule has 15 heavy (non-hydrogen) atoms. The predicted octanol–water partition coefficient (Wildman–Crippen LogP) is 1.71. The minimum absolute atomic E-state index is 0.0947. The highest BCUT2D eigenvalue weighted by Gasteiger charge is 2.02. The molecule has 0 radical (unpaired) electrons. The molecule has 0 aliphatic carbocycles. The van der Waals surface area contributed by atoms with Crippen LogP contribution < -0.4 is 9.99 Å². The van der Waals surface area contributed by atoms with Crippen molar-refractivity contribution in [1.82, 2.24) is 5.25 Å². The summed E-state index contributed by atoms with van der Waals surface area (Å²) < 4.78 is 15.1. The molecule has 0 atom stereocenters. The number of hydrogen-bond acceptors (Lipinski definition) is 4. The summed E-state index contributed by atoms with van der Waals surface area (Å²) in [6.45, 7) is 0.222. The number of rotatable bonds is 6. The summed E-state index contributed by atoms with van der Waals surface area (Å²) in [5, 5.41) is 1.91. The van der Waals surface area contributed by atoms with Gasteiger partial charge < -0.3 is 9.57 Å².